The Hall–Kier alpha value is -1.24. The van der Waals surface area contributed by atoms with Gasteiger partial charge in [0.15, 0.2) is 11.6 Å². The summed E-state index contributed by atoms with van der Waals surface area (Å²) in [7, 11) is 0. The van der Waals surface area contributed by atoms with Crippen LogP contribution >= 0.6 is 12.4 Å². The Bertz CT molecular complexity index is 550. The zero-order chi connectivity index (χ0) is 14.9. The fourth-order valence-electron chi connectivity index (χ4n) is 3.28. The van der Waals surface area contributed by atoms with Crippen molar-refractivity contribution in [2.75, 3.05) is 38.0 Å². The van der Waals surface area contributed by atoms with Gasteiger partial charge in [0, 0.05) is 24.8 Å². The van der Waals surface area contributed by atoms with Crippen LogP contribution in [0.5, 0.6) is 0 Å². The average Bonchev–Trinajstić information content (AvgIpc) is 3.05. The highest BCUT2D eigenvalue weighted by Crippen LogP contribution is 2.35. The van der Waals surface area contributed by atoms with Crippen LogP contribution in [0, 0.1) is 17.0 Å². The second-order valence-electron chi connectivity index (χ2n) is 6.06. The van der Waals surface area contributed by atoms with Crippen molar-refractivity contribution in [1.82, 2.24) is 10.2 Å². The Morgan fingerprint density at radius 2 is 2.14 bits per heavy atom. The van der Waals surface area contributed by atoms with Gasteiger partial charge in [-0.3, -0.25) is 9.69 Å². The summed E-state index contributed by atoms with van der Waals surface area (Å²) in [6, 6.07) is 3.38. The maximum Gasteiger partial charge on any atom is 0.238 e. The minimum atomic E-state index is -0.954. The number of benzene rings is 1. The minimum Gasteiger partial charge on any atom is -0.325 e. The number of hydrogen-bond acceptors (Lipinski definition) is 3. The Labute approximate surface area is 134 Å². The number of anilines is 1. The molecule has 122 valence electrons. The molecule has 0 saturated carbocycles. The zero-order valence-corrected chi connectivity index (χ0v) is 13.0. The van der Waals surface area contributed by atoms with Gasteiger partial charge in [0.1, 0.15) is 0 Å². The number of likely N-dealkylation sites (tertiary alicyclic amines) is 1. The highest BCUT2D eigenvalue weighted by atomic mass is 35.5. The summed E-state index contributed by atoms with van der Waals surface area (Å²) < 4.78 is 25.9. The van der Waals surface area contributed by atoms with Gasteiger partial charge in [-0.2, -0.15) is 0 Å². The van der Waals surface area contributed by atoms with Crippen LogP contribution in [0.4, 0.5) is 14.5 Å². The number of nitrogens with one attached hydrogen (secondary N) is 2. The van der Waals surface area contributed by atoms with E-state index in [1.807, 2.05) is 0 Å². The maximum atomic E-state index is 13.1. The molecular formula is C15H20ClF2N3O. The normalized spacial score (nSPS) is 24.5. The molecule has 22 heavy (non-hydrogen) atoms. The van der Waals surface area contributed by atoms with E-state index >= 15 is 0 Å². The Kier molecular flexibility index (Phi) is 5.36. The summed E-state index contributed by atoms with van der Waals surface area (Å²) in [6.07, 6.45) is 2.27. The molecule has 0 aromatic heterocycles. The zero-order valence-electron chi connectivity index (χ0n) is 12.2. The van der Waals surface area contributed by atoms with Crippen LogP contribution in [0.25, 0.3) is 0 Å². The van der Waals surface area contributed by atoms with Gasteiger partial charge in [-0.25, -0.2) is 8.78 Å². The van der Waals surface area contributed by atoms with E-state index < -0.39 is 11.6 Å². The van der Waals surface area contributed by atoms with Crippen LogP contribution in [-0.4, -0.2) is 43.5 Å². The summed E-state index contributed by atoms with van der Waals surface area (Å²) in [4.78, 5) is 14.1. The van der Waals surface area contributed by atoms with Gasteiger partial charge in [0.2, 0.25) is 5.91 Å². The molecule has 2 fully saturated rings. The molecule has 4 nitrogen and oxygen atoms in total. The lowest BCUT2D eigenvalue weighted by molar-refractivity contribution is -0.117. The van der Waals surface area contributed by atoms with Crippen molar-refractivity contribution in [3.63, 3.8) is 0 Å². The lowest BCUT2D eigenvalue weighted by atomic mass is 9.87. The fourth-order valence-corrected chi connectivity index (χ4v) is 3.28. The monoisotopic (exact) mass is 331 g/mol. The number of hydrogen-bond donors (Lipinski definition) is 2. The minimum absolute atomic E-state index is 0. The Balaban J connectivity index is 0.00000176. The van der Waals surface area contributed by atoms with Gasteiger partial charge in [-0.1, -0.05) is 0 Å². The number of nitrogens with zero attached hydrogens (tertiary/aromatic N) is 1. The molecule has 1 aromatic carbocycles. The van der Waals surface area contributed by atoms with E-state index in [9.17, 15) is 13.6 Å². The quantitative estimate of drug-likeness (QED) is 0.890. The summed E-state index contributed by atoms with van der Waals surface area (Å²) in [5.41, 5.74) is 0.609. The third-order valence-corrected chi connectivity index (χ3v) is 4.42. The van der Waals surface area contributed by atoms with Gasteiger partial charge < -0.3 is 10.6 Å². The predicted octanol–water partition coefficient (Wildman–Crippen LogP) is 2.01. The molecule has 2 N–H and O–H groups in total. The fraction of sp³-hybridized carbons (Fsp3) is 0.533. The molecule has 2 aliphatic rings. The second kappa shape index (κ2) is 6.89. The molecular weight excluding hydrogens is 312 g/mol. The first-order valence-corrected chi connectivity index (χ1v) is 7.24. The van der Waals surface area contributed by atoms with E-state index in [4.69, 9.17) is 0 Å². The number of rotatable bonds is 3. The van der Waals surface area contributed by atoms with Gasteiger partial charge in [0.25, 0.3) is 0 Å². The topological polar surface area (TPSA) is 44.4 Å². The van der Waals surface area contributed by atoms with Crippen LogP contribution in [-0.2, 0) is 4.79 Å². The van der Waals surface area contributed by atoms with Crippen molar-refractivity contribution in [3.05, 3.63) is 29.8 Å². The van der Waals surface area contributed by atoms with Crippen molar-refractivity contribution in [1.29, 1.82) is 0 Å². The molecule has 2 heterocycles. The van der Waals surface area contributed by atoms with Crippen LogP contribution in [0.15, 0.2) is 18.2 Å². The maximum absolute atomic E-state index is 13.1. The number of halogens is 3. The molecule has 1 spiro atoms. The largest absolute Gasteiger partial charge is 0.325 e. The number of carbonyl (C=O) groups excluding carboxylic acids is 1. The van der Waals surface area contributed by atoms with Crippen molar-refractivity contribution < 1.29 is 13.6 Å². The first-order valence-electron chi connectivity index (χ1n) is 7.24. The van der Waals surface area contributed by atoms with Crippen LogP contribution < -0.4 is 10.6 Å². The van der Waals surface area contributed by atoms with Crippen molar-refractivity contribution in [2.24, 2.45) is 5.41 Å². The van der Waals surface area contributed by atoms with E-state index in [0.717, 1.165) is 51.2 Å². The molecule has 1 unspecified atom stereocenters. The van der Waals surface area contributed by atoms with Crippen molar-refractivity contribution >= 4 is 24.0 Å². The first kappa shape index (κ1) is 17.1. The molecule has 0 radical (unpaired) electrons. The van der Waals surface area contributed by atoms with Gasteiger partial charge in [-0.05, 0) is 43.5 Å². The molecule has 1 aromatic rings. The van der Waals surface area contributed by atoms with Gasteiger partial charge in [0.05, 0.1) is 6.54 Å². The third-order valence-electron chi connectivity index (χ3n) is 4.42. The van der Waals surface area contributed by atoms with Crippen LogP contribution in [0.3, 0.4) is 0 Å². The standard InChI is InChI=1S/C15H19F2N3O.ClH/c16-12-2-1-11(7-13(12)17)19-14(21)8-20-6-4-15(10-20)3-5-18-9-15;/h1-2,7,18H,3-6,8-10H2,(H,19,21);1H. The summed E-state index contributed by atoms with van der Waals surface area (Å²) in [5.74, 6) is -2.06. The van der Waals surface area contributed by atoms with Crippen LogP contribution in [0.1, 0.15) is 12.8 Å². The van der Waals surface area contributed by atoms with Crippen molar-refractivity contribution in [3.8, 4) is 0 Å². The highest BCUT2D eigenvalue weighted by Gasteiger charge is 2.40. The molecule has 2 aliphatic heterocycles. The van der Waals surface area contributed by atoms with Gasteiger partial charge in [-0.15, -0.1) is 12.4 Å². The van der Waals surface area contributed by atoms with E-state index in [0.29, 0.717) is 12.0 Å². The molecule has 3 rings (SSSR count). The highest BCUT2D eigenvalue weighted by molar-refractivity contribution is 5.92. The number of amides is 1. The lowest BCUT2D eigenvalue weighted by Gasteiger charge is -2.22. The summed E-state index contributed by atoms with van der Waals surface area (Å²) in [6.45, 7) is 4.20. The average molecular weight is 332 g/mol. The van der Waals surface area contributed by atoms with E-state index in [1.54, 1.807) is 0 Å². The van der Waals surface area contributed by atoms with E-state index in [1.165, 1.54) is 6.07 Å². The molecule has 2 saturated heterocycles. The second-order valence-corrected chi connectivity index (χ2v) is 6.06. The van der Waals surface area contributed by atoms with E-state index in [2.05, 4.69) is 15.5 Å². The van der Waals surface area contributed by atoms with E-state index in [-0.39, 0.29) is 24.0 Å². The van der Waals surface area contributed by atoms with Gasteiger partial charge >= 0.3 is 0 Å². The SMILES string of the molecule is Cl.O=C(CN1CCC2(CCNC2)C1)Nc1ccc(F)c(F)c1. The van der Waals surface area contributed by atoms with Crippen LogP contribution in [0.2, 0.25) is 0 Å². The Morgan fingerprint density at radius 1 is 1.32 bits per heavy atom. The first-order chi connectivity index (χ1) is 10.1. The third kappa shape index (κ3) is 3.74. The van der Waals surface area contributed by atoms with Crippen molar-refractivity contribution in [2.45, 2.75) is 12.8 Å². The smallest absolute Gasteiger partial charge is 0.238 e. The summed E-state index contributed by atoms with van der Waals surface area (Å²) >= 11 is 0. The summed E-state index contributed by atoms with van der Waals surface area (Å²) in [5, 5.41) is 5.99. The molecule has 1 amide bonds. The molecule has 1 atom stereocenters. The molecule has 0 bridgehead atoms. The number of carbonyl (C=O) groups is 1. The predicted molar refractivity (Wildman–Crippen MR) is 83.2 cm³/mol. The Morgan fingerprint density at radius 3 is 2.82 bits per heavy atom. The molecule has 0 aliphatic carbocycles. The molecule has 7 heteroatoms. The lowest BCUT2D eigenvalue weighted by Crippen LogP contribution is -2.34.